The zero-order chi connectivity index (χ0) is 22.4. The van der Waals surface area contributed by atoms with E-state index in [0.29, 0.717) is 17.4 Å². The lowest BCUT2D eigenvalue weighted by Gasteiger charge is -2.32. The van der Waals surface area contributed by atoms with Gasteiger partial charge < -0.3 is 10.2 Å². The van der Waals surface area contributed by atoms with Gasteiger partial charge in [0.25, 0.3) is 0 Å². The summed E-state index contributed by atoms with van der Waals surface area (Å²) in [6, 6.07) is 6.27. The molecule has 4 unspecified atom stereocenters. The molecule has 0 spiro atoms. The molecule has 162 valence electrons. The molecule has 9 heteroatoms. The maximum Gasteiger partial charge on any atom is 0.232 e. The van der Waals surface area contributed by atoms with Crippen LogP contribution in [0.3, 0.4) is 0 Å². The number of fused-ring (bicyclic) bond motifs is 2. The zero-order valence-electron chi connectivity index (χ0n) is 16.7. The molecule has 2 bridgehead atoms. The van der Waals surface area contributed by atoms with Crippen molar-refractivity contribution in [3.05, 3.63) is 67.9 Å². The van der Waals surface area contributed by atoms with Crippen LogP contribution < -0.4 is 10.2 Å². The van der Waals surface area contributed by atoms with Gasteiger partial charge >= 0.3 is 0 Å². The molecule has 1 aromatic carbocycles. The van der Waals surface area contributed by atoms with Gasteiger partial charge in [-0.15, -0.1) is 0 Å². The van der Waals surface area contributed by atoms with Crippen molar-refractivity contribution in [2.24, 2.45) is 17.8 Å². The molecule has 1 aromatic heterocycles. The average Bonchev–Trinajstić information content (AvgIpc) is 2.98. The van der Waals surface area contributed by atoms with E-state index in [9.17, 15) is 9.59 Å². The van der Waals surface area contributed by atoms with Crippen molar-refractivity contribution < 1.29 is 9.59 Å². The van der Waals surface area contributed by atoms with E-state index in [1.165, 1.54) is 0 Å². The predicted molar refractivity (Wildman–Crippen MR) is 124 cm³/mol. The molecule has 2 aromatic rings. The summed E-state index contributed by atoms with van der Waals surface area (Å²) >= 11 is 24.5. The van der Waals surface area contributed by atoms with Crippen LogP contribution in [-0.2, 0) is 16.1 Å². The molecule has 1 saturated heterocycles. The van der Waals surface area contributed by atoms with E-state index >= 15 is 0 Å². The Morgan fingerprint density at radius 1 is 1.16 bits per heavy atom. The maximum atomic E-state index is 13.5. The molecular weight excluding hydrogens is 480 g/mol. The molecule has 1 aliphatic carbocycles. The Bertz CT molecular complexity index is 1080. The van der Waals surface area contributed by atoms with Crippen molar-refractivity contribution in [2.45, 2.75) is 26.4 Å². The number of allylic oxidation sites excluding steroid dienone is 1. The quantitative estimate of drug-likeness (QED) is 0.341. The highest BCUT2D eigenvalue weighted by Crippen LogP contribution is 2.47. The van der Waals surface area contributed by atoms with Gasteiger partial charge in [0.1, 0.15) is 5.15 Å². The maximum absolute atomic E-state index is 13.5. The molecule has 5 nitrogen and oxygen atoms in total. The van der Waals surface area contributed by atoms with Crippen LogP contribution in [0.25, 0.3) is 0 Å². The lowest BCUT2D eigenvalue weighted by Crippen LogP contribution is -2.44. The fourth-order valence-electron chi connectivity index (χ4n) is 4.60. The van der Waals surface area contributed by atoms with Gasteiger partial charge in [-0.3, -0.25) is 9.59 Å². The van der Waals surface area contributed by atoms with Gasteiger partial charge in [-0.1, -0.05) is 65.0 Å². The first-order valence-electron chi connectivity index (χ1n) is 9.73. The van der Waals surface area contributed by atoms with Crippen molar-refractivity contribution >= 4 is 63.9 Å². The first-order chi connectivity index (χ1) is 14.7. The first kappa shape index (κ1) is 22.4. The molecule has 1 aliphatic heterocycles. The third-order valence-electron chi connectivity index (χ3n) is 5.89. The number of nitrogens with one attached hydrogen (secondary N) is 1. The average molecular weight is 499 g/mol. The normalized spacial score (nSPS) is 24.9. The summed E-state index contributed by atoms with van der Waals surface area (Å²) in [7, 11) is 0. The van der Waals surface area contributed by atoms with Gasteiger partial charge in [0.2, 0.25) is 11.8 Å². The summed E-state index contributed by atoms with van der Waals surface area (Å²) < 4.78 is 0. The number of carbonyl (C=O) groups excluding carboxylic acids is 2. The summed E-state index contributed by atoms with van der Waals surface area (Å²) in [5.41, 5.74) is 2.30. The van der Waals surface area contributed by atoms with Gasteiger partial charge in [0, 0.05) is 18.4 Å². The molecule has 1 fully saturated rings. The second-order valence-corrected chi connectivity index (χ2v) is 9.48. The molecule has 4 atom stereocenters. The molecule has 31 heavy (non-hydrogen) atoms. The molecular formula is C22H19Cl4N3O2. The molecule has 1 N–H and O–H groups in total. The van der Waals surface area contributed by atoms with Gasteiger partial charge in [-0.2, -0.15) is 0 Å². The topological polar surface area (TPSA) is 62.3 Å². The Hall–Kier alpha value is -1.79. The Morgan fingerprint density at radius 3 is 2.48 bits per heavy atom. The van der Waals surface area contributed by atoms with Crippen LogP contribution in [-0.4, -0.2) is 22.8 Å². The largest absolute Gasteiger partial charge is 0.352 e. The highest BCUT2D eigenvalue weighted by atomic mass is 35.5. The summed E-state index contributed by atoms with van der Waals surface area (Å²) in [6.07, 6.45) is 3.64. The molecule has 0 radical (unpaired) electrons. The van der Waals surface area contributed by atoms with Crippen LogP contribution >= 0.6 is 46.4 Å². The third-order valence-corrected chi connectivity index (χ3v) is 7.30. The number of anilines is 1. The van der Waals surface area contributed by atoms with Crippen LogP contribution in [0.2, 0.25) is 20.2 Å². The number of nitrogens with zero attached hydrogens (tertiary/aromatic N) is 2. The lowest BCUT2D eigenvalue weighted by atomic mass is 9.74. The molecule has 4 rings (SSSR count). The van der Waals surface area contributed by atoms with Gasteiger partial charge in [0.15, 0.2) is 0 Å². The summed E-state index contributed by atoms with van der Waals surface area (Å²) in [5, 5.41) is 4.05. The standard InChI is InChI=1S/C22H19Cl4N3O2/c1-10-5-11(2)20-18(21(30)28-9-12-3-4-27-16(25)6-12)17(10)22(31)29(20)13-7-14(23)19(26)15(24)8-13/h3-8,10,17-18,20H,9H2,1-2H3,(H,28,30). The van der Waals surface area contributed by atoms with E-state index in [4.69, 9.17) is 46.4 Å². The number of hydrogen-bond acceptors (Lipinski definition) is 3. The number of pyridine rings is 1. The third kappa shape index (κ3) is 4.05. The van der Waals surface area contributed by atoms with E-state index in [0.717, 1.165) is 11.1 Å². The van der Waals surface area contributed by atoms with Gasteiger partial charge in [0.05, 0.1) is 32.9 Å². The van der Waals surface area contributed by atoms with Crippen molar-refractivity contribution in [1.82, 2.24) is 10.3 Å². The second-order valence-electron chi connectivity index (χ2n) is 7.90. The van der Waals surface area contributed by atoms with Gasteiger partial charge in [-0.25, -0.2) is 4.98 Å². The monoisotopic (exact) mass is 497 g/mol. The van der Waals surface area contributed by atoms with Gasteiger partial charge in [-0.05, 0) is 42.7 Å². The molecule has 2 aliphatic rings. The fraction of sp³-hybridized carbons (Fsp3) is 0.318. The fourth-order valence-corrected chi connectivity index (χ4v) is 5.38. The van der Waals surface area contributed by atoms with E-state index in [1.54, 1.807) is 35.4 Å². The lowest BCUT2D eigenvalue weighted by molar-refractivity contribution is -0.131. The Labute approximate surface area is 200 Å². The summed E-state index contributed by atoms with van der Waals surface area (Å²) in [5.74, 6) is -1.43. The minimum atomic E-state index is -0.543. The highest BCUT2D eigenvalue weighted by molar-refractivity contribution is 6.48. The van der Waals surface area contributed by atoms with Crippen molar-refractivity contribution in [1.29, 1.82) is 0 Å². The smallest absolute Gasteiger partial charge is 0.232 e. The number of rotatable bonds is 4. The molecule has 0 saturated carbocycles. The molecule has 2 amide bonds. The Kier molecular flexibility index (Phi) is 6.23. The number of hydrogen-bond donors (Lipinski definition) is 1. The second kappa shape index (κ2) is 8.62. The number of halogens is 4. The highest BCUT2D eigenvalue weighted by Gasteiger charge is 2.56. The Balaban J connectivity index is 1.66. The predicted octanol–water partition coefficient (Wildman–Crippen LogP) is 5.56. The summed E-state index contributed by atoms with van der Waals surface area (Å²) in [6.45, 7) is 4.18. The van der Waals surface area contributed by atoms with Crippen molar-refractivity contribution in [3.63, 3.8) is 0 Å². The van der Waals surface area contributed by atoms with E-state index in [-0.39, 0.29) is 32.8 Å². The SMILES string of the molecule is CC1=CC(C)C2C(=O)N(c3cc(Cl)c(Cl)c(Cl)c3)C1C2C(=O)NCc1ccnc(Cl)c1. The zero-order valence-corrected chi connectivity index (χ0v) is 19.7. The molecule has 2 heterocycles. The van der Waals surface area contributed by atoms with E-state index in [2.05, 4.69) is 16.4 Å². The van der Waals surface area contributed by atoms with Crippen LogP contribution in [0.4, 0.5) is 5.69 Å². The minimum absolute atomic E-state index is 0.0851. The summed E-state index contributed by atoms with van der Waals surface area (Å²) in [4.78, 5) is 32.3. The number of aromatic nitrogens is 1. The van der Waals surface area contributed by atoms with Crippen LogP contribution in [0, 0.1) is 17.8 Å². The minimum Gasteiger partial charge on any atom is -0.352 e. The first-order valence-corrected chi connectivity index (χ1v) is 11.2. The van der Waals surface area contributed by atoms with Crippen LogP contribution in [0.1, 0.15) is 19.4 Å². The number of amides is 2. The van der Waals surface area contributed by atoms with Crippen LogP contribution in [0.15, 0.2) is 42.1 Å². The van der Waals surface area contributed by atoms with E-state index < -0.39 is 17.9 Å². The van der Waals surface area contributed by atoms with Crippen molar-refractivity contribution in [3.8, 4) is 0 Å². The number of benzene rings is 1. The Morgan fingerprint density at radius 2 is 1.84 bits per heavy atom. The number of carbonyl (C=O) groups is 2. The van der Waals surface area contributed by atoms with Crippen LogP contribution in [0.5, 0.6) is 0 Å². The van der Waals surface area contributed by atoms with Crippen molar-refractivity contribution in [2.75, 3.05) is 4.90 Å². The van der Waals surface area contributed by atoms with E-state index in [1.807, 2.05) is 13.8 Å².